The SMILES string of the molecule is C=CC1(C)CC=C2C(CCC3C(C)(COC(=O)CC(=O)OCC4(C)CCCC5(C)C6=CCC(C)(C=C)CC6CCC45)CCCC23C)C1. The van der Waals surface area contributed by atoms with Crippen molar-refractivity contribution in [2.24, 2.45) is 56.2 Å². The molecule has 0 bridgehead atoms. The molecule has 0 aromatic rings. The van der Waals surface area contributed by atoms with E-state index in [1.54, 1.807) is 11.1 Å². The molecule has 0 amide bonds. The Bertz CT molecular complexity index is 1240. The minimum atomic E-state index is -0.437. The molecule has 6 rings (SSSR count). The Kier molecular flexibility index (Phi) is 9.13. The van der Waals surface area contributed by atoms with Crippen LogP contribution in [0.25, 0.3) is 0 Å². The highest BCUT2D eigenvalue weighted by molar-refractivity contribution is 5.91. The van der Waals surface area contributed by atoms with Gasteiger partial charge in [-0.25, -0.2) is 0 Å². The van der Waals surface area contributed by atoms with Crippen molar-refractivity contribution in [2.75, 3.05) is 13.2 Å². The fourth-order valence-electron chi connectivity index (χ4n) is 12.6. The molecule has 10 unspecified atom stereocenters. The predicted molar refractivity (Wildman–Crippen MR) is 190 cm³/mol. The molecule has 4 saturated carbocycles. The lowest BCUT2D eigenvalue weighted by Gasteiger charge is -2.59. The maximum absolute atomic E-state index is 13.1. The Balaban J connectivity index is 1.04. The summed E-state index contributed by atoms with van der Waals surface area (Å²) in [4.78, 5) is 26.2. The second kappa shape index (κ2) is 12.3. The fourth-order valence-corrected chi connectivity index (χ4v) is 12.6. The van der Waals surface area contributed by atoms with Gasteiger partial charge in [-0.1, -0.05) is 89.8 Å². The normalized spacial score (nSPS) is 45.8. The third-order valence-corrected chi connectivity index (χ3v) is 15.3. The predicted octanol–water partition coefficient (Wildman–Crippen LogP) is 10.7. The number of allylic oxidation sites excluding steroid dienone is 6. The Morgan fingerprint density at radius 2 is 1.09 bits per heavy atom. The van der Waals surface area contributed by atoms with Crippen molar-refractivity contribution in [2.45, 2.75) is 138 Å². The van der Waals surface area contributed by atoms with Gasteiger partial charge in [0.05, 0.1) is 13.2 Å². The summed E-state index contributed by atoms with van der Waals surface area (Å²) in [5.41, 5.74) is 3.88. The number of carbonyl (C=O) groups is 2. The van der Waals surface area contributed by atoms with E-state index >= 15 is 0 Å². The quantitative estimate of drug-likeness (QED) is 0.150. The van der Waals surface area contributed by atoms with Crippen LogP contribution in [0.15, 0.2) is 48.6 Å². The largest absolute Gasteiger partial charge is 0.465 e. The summed E-state index contributed by atoms with van der Waals surface area (Å²) < 4.78 is 11.9. The second-order valence-corrected chi connectivity index (χ2v) is 18.9. The van der Waals surface area contributed by atoms with E-state index in [0.29, 0.717) is 36.9 Å². The van der Waals surface area contributed by atoms with E-state index in [1.165, 1.54) is 51.4 Å². The number of carbonyl (C=O) groups excluding carboxylic acids is 2. The number of hydrogen-bond donors (Lipinski definition) is 0. The molecular formula is C43H64O4. The lowest BCUT2D eigenvalue weighted by molar-refractivity contribution is -0.163. The second-order valence-electron chi connectivity index (χ2n) is 18.9. The van der Waals surface area contributed by atoms with E-state index < -0.39 is 11.9 Å². The highest BCUT2D eigenvalue weighted by Gasteiger charge is 2.57. The Morgan fingerprint density at radius 3 is 1.47 bits per heavy atom. The summed E-state index contributed by atoms with van der Waals surface area (Å²) >= 11 is 0. The number of esters is 2. The molecule has 0 radical (unpaired) electrons. The first-order valence-electron chi connectivity index (χ1n) is 19.1. The number of rotatable bonds is 8. The summed E-state index contributed by atoms with van der Waals surface area (Å²) in [5.74, 6) is 1.37. The zero-order chi connectivity index (χ0) is 33.9. The average Bonchev–Trinajstić information content (AvgIpc) is 3.02. The van der Waals surface area contributed by atoms with E-state index in [0.717, 1.165) is 38.5 Å². The molecule has 6 aliphatic carbocycles. The monoisotopic (exact) mass is 644 g/mol. The van der Waals surface area contributed by atoms with Crippen LogP contribution in [0.5, 0.6) is 0 Å². The van der Waals surface area contributed by atoms with Crippen LogP contribution in [0.1, 0.15) is 138 Å². The van der Waals surface area contributed by atoms with Gasteiger partial charge in [0.15, 0.2) is 0 Å². The summed E-state index contributed by atoms with van der Waals surface area (Å²) in [6, 6.07) is 0. The average molecular weight is 645 g/mol. The van der Waals surface area contributed by atoms with Gasteiger partial charge in [-0.3, -0.25) is 9.59 Å². The van der Waals surface area contributed by atoms with Gasteiger partial charge in [-0.2, -0.15) is 0 Å². The van der Waals surface area contributed by atoms with Gasteiger partial charge in [0.1, 0.15) is 6.42 Å². The van der Waals surface area contributed by atoms with Gasteiger partial charge in [-0.15, -0.1) is 13.2 Å². The van der Waals surface area contributed by atoms with E-state index in [-0.39, 0.29) is 38.9 Å². The van der Waals surface area contributed by atoms with Crippen LogP contribution < -0.4 is 0 Å². The van der Waals surface area contributed by atoms with Crippen LogP contribution in [-0.2, 0) is 19.1 Å². The van der Waals surface area contributed by atoms with Crippen molar-refractivity contribution in [1.82, 2.24) is 0 Å². The molecule has 4 fully saturated rings. The molecule has 4 heteroatoms. The molecule has 0 aliphatic heterocycles. The van der Waals surface area contributed by atoms with E-state index in [2.05, 4.69) is 79.0 Å². The molecule has 0 spiro atoms. The Morgan fingerprint density at radius 1 is 0.681 bits per heavy atom. The number of hydrogen-bond acceptors (Lipinski definition) is 4. The first-order chi connectivity index (χ1) is 22.1. The van der Waals surface area contributed by atoms with Crippen LogP contribution in [0.2, 0.25) is 0 Å². The van der Waals surface area contributed by atoms with Crippen molar-refractivity contribution in [3.8, 4) is 0 Å². The Labute approximate surface area is 286 Å². The van der Waals surface area contributed by atoms with Crippen molar-refractivity contribution < 1.29 is 19.1 Å². The van der Waals surface area contributed by atoms with Crippen molar-refractivity contribution >= 4 is 11.9 Å². The number of fused-ring (bicyclic) bond motifs is 6. The first kappa shape index (κ1) is 34.8. The van der Waals surface area contributed by atoms with Gasteiger partial charge in [0.25, 0.3) is 0 Å². The summed E-state index contributed by atoms with van der Waals surface area (Å²) in [6.45, 7) is 23.4. The van der Waals surface area contributed by atoms with Gasteiger partial charge < -0.3 is 9.47 Å². The van der Waals surface area contributed by atoms with E-state index in [1.807, 2.05) is 0 Å². The van der Waals surface area contributed by atoms with Crippen molar-refractivity contribution in [1.29, 1.82) is 0 Å². The third kappa shape index (κ3) is 6.16. The van der Waals surface area contributed by atoms with Crippen LogP contribution in [0, 0.1) is 56.2 Å². The summed E-state index contributed by atoms with van der Waals surface area (Å²) in [6.07, 6.45) is 25.3. The minimum Gasteiger partial charge on any atom is -0.465 e. The Hall–Kier alpha value is -2.10. The maximum atomic E-state index is 13.1. The molecule has 47 heavy (non-hydrogen) atoms. The molecule has 0 saturated heterocycles. The van der Waals surface area contributed by atoms with Crippen LogP contribution in [0.4, 0.5) is 0 Å². The molecule has 0 N–H and O–H groups in total. The summed E-state index contributed by atoms with van der Waals surface area (Å²) in [7, 11) is 0. The molecule has 4 nitrogen and oxygen atoms in total. The molecule has 6 aliphatic rings. The molecular weight excluding hydrogens is 580 g/mol. The highest BCUT2D eigenvalue weighted by atomic mass is 16.6. The molecule has 0 aromatic carbocycles. The van der Waals surface area contributed by atoms with Gasteiger partial charge in [-0.05, 0) is 122 Å². The fraction of sp³-hybridized carbons (Fsp3) is 0.767. The van der Waals surface area contributed by atoms with Gasteiger partial charge in [0.2, 0.25) is 0 Å². The van der Waals surface area contributed by atoms with Gasteiger partial charge >= 0.3 is 11.9 Å². The van der Waals surface area contributed by atoms with Crippen LogP contribution in [0.3, 0.4) is 0 Å². The van der Waals surface area contributed by atoms with Crippen molar-refractivity contribution in [3.63, 3.8) is 0 Å². The molecule has 260 valence electrons. The topological polar surface area (TPSA) is 52.6 Å². The number of ether oxygens (including phenoxy) is 2. The standard InChI is InChI=1S/C43H64O4/c1-9-38(3)23-17-32-30(26-38)13-15-34-40(5,19-11-21-42(32,34)7)28-46-36(44)25-37(45)47-29-41(6)20-12-22-43(8)33-18-24-39(4,10-2)27-31(33)14-16-35(41)43/h9-10,17-18,30-31,34-35H,1-2,11-16,19-29H2,3-8H3. The molecule has 0 heterocycles. The van der Waals surface area contributed by atoms with E-state index in [9.17, 15) is 9.59 Å². The third-order valence-electron chi connectivity index (χ3n) is 15.3. The lowest BCUT2D eigenvalue weighted by atomic mass is 9.46. The van der Waals surface area contributed by atoms with Crippen LogP contribution in [-0.4, -0.2) is 25.2 Å². The smallest absolute Gasteiger partial charge is 0.317 e. The highest BCUT2D eigenvalue weighted by Crippen LogP contribution is 2.65. The zero-order valence-corrected chi connectivity index (χ0v) is 30.7. The maximum Gasteiger partial charge on any atom is 0.317 e. The zero-order valence-electron chi connectivity index (χ0n) is 30.7. The lowest BCUT2D eigenvalue weighted by Crippen LogP contribution is -2.52. The molecule has 0 aromatic heterocycles. The van der Waals surface area contributed by atoms with Crippen molar-refractivity contribution in [3.05, 3.63) is 48.6 Å². The first-order valence-corrected chi connectivity index (χ1v) is 19.1. The summed E-state index contributed by atoms with van der Waals surface area (Å²) in [5, 5.41) is 0. The minimum absolute atomic E-state index is 0.0760. The van der Waals surface area contributed by atoms with E-state index in [4.69, 9.17) is 9.47 Å². The van der Waals surface area contributed by atoms with Crippen LogP contribution >= 0.6 is 0 Å². The molecule has 10 atom stereocenters. The van der Waals surface area contributed by atoms with Gasteiger partial charge in [0, 0.05) is 10.8 Å².